The van der Waals surface area contributed by atoms with Gasteiger partial charge in [0.15, 0.2) is 12.6 Å². The molecule has 3 heterocycles. The van der Waals surface area contributed by atoms with Crippen molar-refractivity contribution in [1.82, 2.24) is 0 Å². The molecule has 0 spiro atoms. The van der Waals surface area contributed by atoms with Crippen molar-refractivity contribution < 1.29 is 69.3 Å². The zero-order valence-electron chi connectivity index (χ0n) is 22.0. The zero-order valence-corrected chi connectivity index (χ0v) is 22.0. The fourth-order valence-corrected chi connectivity index (χ4v) is 5.03. The molecule has 0 aromatic heterocycles. The van der Waals surface area contributed by atoms with Crippen LogP contribution in [0.15, 0.2) is 24.3 Å². The van der Waals surface area contributed by atoms with Crippen LogP contribution in [0.4, 0.5) is 0 Å². The summed E-state index contributed by atoms with van der Waals surface area (Å²) in [6.07, 6.45) is -18.4. The molecular weight excluding hydrogens is 538 g/mol. The molecule has 40 heavy (non-hydrogen) atoms. The molecule has 3 aliphatic heterocycles. The van der Waals surface area contributed by atoms with Crippen molar-refractivity contribution >= 4 is 0 Å². The van der Waals surface area contributed by atoms with Gasteiger partial charge >= 0.3 is 0 Å². The van der Waals surface area contributed by atoms with Crippen LogP contribution < -0.4 is 15.2 Å². The van der Waals surface area contributed by atoms with Crippen LogP contribution in [0.3, 0.4) is 0 Å². The summed E-state index contributed by atoms with van der Waals surface area (Å²) in [5.41, 5.74) is 6.01. The van der Waals surface area contributed by atoms with E-state index < -0.39 is 98.5 Å². The number of aliphatic hydroxyl groups is 8. The topological polar surface area (TPSA) is 243 Å². The van der Waals surface area contributed by atoms with E-state index in [9.17, 15) is 40.9 Å². The highest BCUT2D eigenvalue weighted by molar-refractivity contribution is 5.31. The fraction of sp³-hybridized carbons (Fsp3) is 0.760. The number of benzene rings is 1. The number of hydrogen-bond donors (Lipinski definition) is 9. The van der Waals surface area contributed by atoms with Crippen LogP contribution in [-0.2, 0) is 18.9 Å². The molecule has 3 aliphatic rings. The van der Waals surface area contributed by atoms with Gasteiger partial charge in [-0.3, -0.25) is 0 Å². The molecular formula is C25H39NO14. The van der Waals surface area contributed by atoms with Crippen LogP contribution in [0, 0.1) is 5.92 Å². The quantitative estimate of drug-likeness (QED) is 0.136. The molecule has 1 aromatic carbocycles. The zero-order chi connectivity index (χ0) is 29.3. The maximum atomic E-state index is 10.9. The molecule has 228 valence electrons. The average Bonchev–Trinajstić information content (AvgIpc) is 3.23. The molecule has 3 fully saturated rings. The first-order valence-electron chi connectivity index (χ1n) is 13.0. The highest BCUT2D eigenvalue weighted by atomic mass is 16.8. The van der Waals surface area contributed by atoms with Crippen molar-refractivity contribution in [3.05, 3.63) is 24.3 Å². The lowest BCUT2D eigenvalue weighted by molar-refractivity contribution is -0.352. The van der Waals surface area contributed by atoms with Gasteiger partial charge in [0.05, 0.1) is 38.1 Å². The average molecular weight is 578 g/mol. The third-order valence-corrected chi connectivity index (χ3v) is 7.63. The first-order valence-corrected chi connectivity index (χ1v) is 13.0. The smallest absolute Gasteiger partial charge is 0.229 e. The molecule has 5 unspecified atom stereocenters. The SMILES string of the molecule is COc1ccc(O[C@@H]2OC([C@H](O)C[C@H]3O[C@@H](O[C@H]4O[C@@H](CO)[C@@H](O)C(O)C4C)[C@H](N)C(O)C3O)[C@@H](O)[C@H]2O)cc1. The lowest BCUT2D eigenvalue weighted by Crippen LogP contribution is -2.64. The van der Waals surface area contributed by atoms with E-state index in [1.54, 1.807) is 24.3 Å². The summed E-state index contributed by atoms with van der Waals surface area (Å²) < 4.78 is 33.3. The molecule has 0 bridgehead atoms. The second-order valence-corrected chi connectivity index (χ2v) is 10.4. The van der Waals surface area contributed by atoms with E-state index >= 15 is 0 Å². The molecule has 4 rings (SSSR count). The number of ether oxygens (including phenoxy) is 6. The summed E-state index contributed by atoms with van der Waals surface area (Å²) in [5, 5.41) is 82.8. The van der Waals surface area contributed by atoms with Crippen LogP contribution in [0.2, 0.25) is 0 Å². The van der Waals surface area contributed by atoms with E-state index in [2.05, 4.69) is 0 Å². The van der Waals surface area contributed by atoms with Crippen molar-refractivity contribution in [3.63, 3.8) is 0 Å². The van der Waals surface area contributed by atoms with Crippen LogP contribution in [0.5, 0.6) is 11.5 Å². The Labute approximate surface area is 230 Å². The van der Waals surface area contributed by atoms with Gasteiger partial charge in [-0.05, 0) is 24.3 Å². The number of rotatable bonds is 9. The van der Waals surface area contributed by atoms with E-state index in [0.29, 0.717) is 11.5 Å². The first-order chi connectivity index (χ1) is 19.0. The predicted molar refractivity (Wildman–Crippen MR) is 132 cm³/mol. The van der Waals surface area contributed by atoms with Gasteiger partial charge in [0.25, 0.3) is 0 Å². The minimum atomic E-state index is -1.57. The molecule has 15 heteroatoms. The number of hydrogen-bond acceptors (Lipinski definition) is 15. The van der Waals surface area contributed by atoms with Gasteiger partial charge in [-0.1, -0.05) is 6.92 Å². The fourth-order valence-electron chi connectivity index (χ4n) is 5.03. The van der Waals surface area contributed by atoms with Gasteiger partial charge in [0, 0.05) is 12.3 Å². The Bertz CT molecular complexity index is 939. The third-order valence-electron chi connectivity index (χ3n) is 7.63. The lowest BCUT2D eigenvalue weighted by atomic mass is 9.91. The van der Waals surface area contributed by atoms with Gasteiger partial charge < -0.3 is 75.0 Å². The van der Waals surface area contributed by atoms with Gasteiger partial charge in [-0.15, -0.1) is 0 Å². The van der Waals surface area contributed by atoms with E-state index in [1.165, 1.54) is 14.0 Å². The van der Waals surface area contributed by atoms with E-state index in [0.717, 1.165) is 0 Å². The van der Waals surface area contributed by atoms with E-state index in [1.807, 2.05) is 0 Å². The van der Waals surface area contributed by atoms with Crippen LogP contribution in [0.1, 0.15) is 13.3 Å². The minimum absolute atomic E-state index is 0.315. The standard InChI is InChI=1S/C25H39NO14/c1-9-16(29)18(31)14(8-27)38-23(9)40-24-15(26)19(32)17(30)13(37-24)7-12(28)22-20(33)21(34)25(39-22)36-11-5-3-10(35-2)4-6-11/h3-6,9,12-25,27-34H,7-8,26H2,1-2H3/t9?,12-,13-,14+,15-,16?,17?,18-,19?,20+,21-,22?,23-,24+,25-/m1/s1. The molecule has 1 aromatic rings. The van der Waals surface area contributed by atoms with Gasteiger partial charge in [0.1, 0.15) is 54.2 Å². The maximum Gasteiger partial charge on any atom is 0.229 e. The summed E-state index contributed by atoms with van der Waals surface area (Å²) in [6, 6.07) is 5.12. The van der Waals surface area contributed by atoms with Crippen molar-refractivity contribution in [2.24, 2.45) is 11.7 Å². The number of methoxy groups -OCH3 is 1. The summed E-state index contributed by atoms with van der Waals surface area (Å²) in [7, 11) is 1.50. The molecule has 3 saturated heterocycles. The molecule has 0 aliphatic carbocycles. The third kappa shape index (κ3) is 6.37. The van der Waals surface area contributed by atoms with Crippen LogP contribution >= 0.6 is 0 Å². The molecule has 0 saturated carbocycles. The Morgan fingerprint density at radius 1 is 0.775 bits per heavy atom. The second-order valence-electron chi connectivity index (χ2n) is 10.4. The van der Waals surface area contributed by atoms with Gasteiger partial charge in [-0.25, -0.2) is 0 Å². The maximum absolute atomic E-state index is 10.9. The predicted octanol–water partition coefficient (Wildman–Crippen LogP) is -3.86. The summed E-state index contributed by atoms with van der Waals surface area (Å²) in [6.45, 7) is 0.929. The van der Waals surface area contributed by atoms with Crippen molar-refractivity contribution in [2.75, 3.05) is 13.7 Å². The van der Waals surface area contributed by atoms with E-state index in [4.69, 9.17) is 34.2 Å². The first kappa shape index (κ1) is 31.2. The van der Waals surface area contributed by atoms with Crippen LogP contribution in [0.25, 0.3) is 0 Å². The summed E-state index contributed by atoms with van der Waals surface area (Å²) in [5.74, 6) is 0.110. The normalized spacial score (nSPS) is 44.8. The molecule has 15 atom stereocenters. The highest BCUT2D eigenvalue weighted by Gasteiger charge is 2.51. The summed E-state index contributed by atoms with van der Waals surface area (Å²) in [4.78, 5) is 0. The van der Waals surface area contributed by atoms with Crippen LogP contribution in [-0.4, -0.2) is 141 Å². The Morgan fingerprint density at radius 3 is 2.00 bits per heavy atom. The van der Waals surface area contributed by atoms with E-state index in [-0.39, 0.29) is 6.42 Å². The minimum Gasteiger partial charge on any atom is -0.497 e. The Hall–Kier alpha value is -1.70. The molecule has 0 radical (unpaired) electrons. The van der Waals surface area contributed by atoms with Crippen molar-refractivity contribution in [1.29, 1.82) is 0 Å². The largest absolute Gasteiger partial charge is 0.497 e. The Kier molecular flexibility index (Phi) is 10.2. The second kappa shape index (κ2) is 13.1. The van der Waals surface area contributed by atoms with Crippen molar-refractivity contribution in [2.45, 2.75) is 99.3 Å². The summed E-state index contributed by atoms with van der Waals surface area (Å²) >= 11 is 0. The lowest BCUT2D eigenvalue weighted by Gasteiger charge is -2.46. The Morgan fingerprint density at radius 2 is 1.38 bits per heavy atom. The van der Waals surface area contributed by atoms with Gasteiger partial charge in [-0.2, -0.15) is 0 Å². The highest BCUT2D eigenvalue weighted by Crippen LogP contribution is 2.33. The molecule has 10 N–H and O–H groups in total. The Balaban J connectivity index is 1.39. The number of nitrogens with two attached hydrogens (primary N) is 1. The molecule has 15 nitrogen and oxygen atoms in total. The van der Waals surface area contributed by atoms with Gasteiger partial charge in [0.2, 0.25) is 6.29 Å². The molecule has 0 amide bonds. The number of aliphatic hydroxyl groups excluding tert-OH is 8. The van der Waals surface area contributed by atoms with Crippen molar-refractivity contribution in [3.8, 4) is 11.5 Å². The monoisotopic (exact) mass is 577 g/mol.